The van der Waals surface area contributed by atoms with Crippen LogP contribution in [0.1, 0.15) is 5.69 Å². The van der Waals surface area contributed by atoms with E-state index in [1.165, 1.54) is 0 Å². The van der Waals surface area contributed by atoms with Crippen molar-refractivity contribution in [2.45, 2.75) is 13.2 Å². The Labute approximate surface area is 154 Å². The van der Waals surface area contributed by atoms with Crippen LogP contribution in [0.4, 0.5) is 0 Å². The summed E-state index contributed by atoms with van der Waals surface area (Å²) in [6, 6.07) is 19.1. The van der Waals surface area contributed by atoms with Crippen molar-refractivity contribution in [1.29, 1.82) is 0 Å². The molecule has 8 nitrogen and oxygen atoms in total. The fourth-order valence-electron chi connectivity index (χ4n) is 2.62. The number of benzene rings is 2. The molecule has 0 aliphatic rings. The Bertz CT molecular complexity index is 1110. The molecule has 0 atom stereocenters. The van der Waals surface area contributed by atoms with Crippen LogP contribution >= 0.6 is 0 Å². The van der Waals surface area contributed by atoms with Crippen LogP contribution in [-0.2, 0) is 17.9 Å². The summed E-state index contributed by atoms with van der Waals surface area (Å²) in [6.07, 6.45) is 0. The third kappa shape index (κ3) is 3.90. The molecule has 0 spiro atoms. The SMILES string of the molecule is O=C(O)Cn1nnc(-c2cccc(OCc3ccc4ccccc4n3)c2)n1. The molecule has 0 amide bonds. The van der Waals surface area contributed by atoms with Crippen LogP contribution in [0.25, 0.3) is 22.3 Å². The van der Waals surface area contributed by atoms with Gasteiger partial charge < -0.3 is 9.84 Å². The second kappa shape index (κ2) is 7.20. The van der Waals surface area contributed by atoms with E-state index < -0.39 is 5.97 Å². The lowest BCUT2D eigenvalue weighted by Gasteiger charge is -2.07. The fourth-order valence-corrected chi connectivity index (χ4v) is 2.62. The fraction of sp³-hybridized carbons (Fsp3) is 0.105. The van der Waals surface area contributed by atoms with Gasteiger partial charge >= 0.3 is 5.97 Å². The van der Waals surface area contributed by atoms with Crippen LogP contribution in [0.15, 0.2) is 60.7 Å². The monoisotopic (exact) mass is 361 g/mol. The van der Waals surface area contributed by atoms with E-state index in [1.807, 2.05) is 54.6 Å². The van der Waals surface area contributed by atoms with Crippen molar-refractivity contribution in [3.05, 3.63) is 66.4 Å². The van der Waals surface area contributed by atoms with Gasteiger partial charge in [0.25, 0.3) is 0 Å². The van der Waals surface area contributed by atoms with E-state index >= 15 is 0 Å². The van der Waals surface area contributed by atoms with Gasteiger partial charge in [0.1, 0.15) is 12.4 Å². The Balaban J connectivity index is 1.48. The number of para-hydroxylation sites is 1. The van der Waals surface area contributed by atoms with E-state index in [-0.39, 0.29) is 6.54 Å². The molecule has 0 saturated carbocycles. The number of carboxylic acids is 1. The first-order valence-electron chi connectivity index (χ1n) is 8.25. The van der Waals surface area contributed by atoms with E-state index in [4.69, 9.17) is 9.84 Å². The predicted octanol–water partition coefficient (Wildman–Crippen LogP) is 2.55. The average Bonchev–Trinajstić information content (AvgIpc) is 3.14. The van der Waals surface area contributed by atoms with Crippen molar-refractivity contribution in [2.24, 2.45) is 0 Å². The van der Waals surface area contributed by atoms with Gasteiger partial charge in [-0.05, 0) is 29.5 Å². The molecule has 134 valence electrons. The molecule has 0 radical (unpaired) electrons. The number of ether oxygens (including phenoxy) is 1. The number of rotatable bonds is 6. The molecule has 2 aromatic carbocycles. The molecule has 0 aliphatic heterocycles. The number of pyridine rings is 1. The molecule has 4 rings (SSSR count). The predicted molar refractivity (Wildman–Crippen MR) is 97.0 cm³/mol. The molecule has 0 fully saturated rings. The molecule has 1 N–H and O–H groups in total. The minimum absolute atomic E-state index is 0.327. The summed E-state index contributed by atoms with van der Waals surface area (Å²) in [7, 11) is 0. The number of hydrogen-bond acceptors (Lipinski definition) is 6. The largest absolute Gasteiger partial charge is 0.487 e. The Hall–Kier alpha value is -3.81. The molecule has 27 heavy (non-hydrogen) atoms. The highest BCUT2D eigenvalue weighted by molar-refractivity contribution is 5.78. The Morgan fingerprint density at radius 3 is 2.85 bits per heavy atom. The highest BCUT2D eigenvalue weighted by Crippen LogP contribution is 2.21. The summed E-state index contributed by atoms with van der Waals surface area (Å²) in [4.78, 5) is 16.3. The van der Waals surface area contributed by atoms with Crippen LogP contribution in [0.3, 0.4) is 0 Å². The van der Waals surface area contributed by atoms with Crippen molar-refractivity contribution in [3.63, 3.8) is 0 Å². The lowest BCUT2D eigenvalue weighted by molar-refractivity contribution is -0.138. The third-order valence-corrected chi connectivity index (χ3v) is 3.86. The number of hydrogen-bond donors (Lipinski definition) is 1. The number of aliphatic carboxylic acids is 1. The molecule has 2 aromatic heterocycles. The Morgan fingerprint density at radius 2 is 1.96 bits per heavy atom. The van der Waals surface area contributed by atoms with Gasteiger partial charge in [0.15, 0.2) is 6.54 Å². The molecular formula is C19H15N5O3. The number of aromatic nitrogens is 5. The van der Waals surface area contributed by atoms with Gasteiger partial charge in [-0.15, -0.1) is 10.2 Å². The Kier molecular flexibility index (Phi) is 4.44. The zero-order valence-corrected chi connectivity index (χ0v) is 14.2. The van der Waals surface area contributed by atoms with Gasteiger partial charge in [-0.2, -0.15) is 4.80 Å². The molecule has 0 aliphatic carbocycles. The van der Waals surface area contributed by atoms with Gasteiger partial charge in [0, 0.05) is 10.9 Å². The van der Waals surface area contributed by atoms with Gasteiger partial charge in [0.05, 0.1) is 11.2 Å². The molecular weight excluding hydrogens is 346 g/mol. The molecule has 4 aromatic rings. The van der Waals surface area contributed by atoms with Crippen LogP contribution in [-0.4, -0.2) is 36.3 Å². The van der Waals surface area contributed by atoms with Crippen molar-refractivity contribution in [1.82, 2.24) is 25.2 Å². The summed E-state index contributed by atoms with van der Waals surface area (Å²) in [6.45, 7) is -0.00968. The summed E-state index contributed by atoms with van der Waals surface area (Å²) in [5.41, 5.74) is 2.44. The van der Waals surface area contributed by atoms with Gasteiger partial charge in [-0.1, -0.05) is 36.4 Å². The first-order valence-corrected chi connectivity index (χ1v) is 8.25. The highest BCUT2D eigenvalue weighted by Gasteiger charge is 2.09. The molecule has 0 unspecified atom stereocenters. The van der Waals surface area contributed by atoms with E-state index in [2.05, 4.69) is 20.4 Å². The van der Waals surface area contributed by atoms with E-state index in [0.717, 1.165) is 21.4 Å². The zero-order chi connectivity index (χ0) is 18.6. The van der Waals surface area contributed by atoms with Crippen LogP contribution in [0, 0.1) is 0 Å². The topological polar surface area (TPSA) is 103 Å². The van der Waals surface area contributed by atoms with Crippen molar-refractivity contribution < 1.29 is 14.6 Å². The maximum atomic E-state index is 10.7. The van der Waals surface area contributed by atoms with Crippen molar-refractivity contribution >= 4 is 16.9 Å². The quantitative estimate of drug-likeness (QED) is 0.563. The number of carbonyl (C=O) groups is 1. The molecule has 0 bridgehead atoms. The van der Waals surface area contributed by atoms with E-state index in [9.17, 15) is 4.79 Å². The van der Waals surface area contributed by atoms with Crippen LogP contribution in [0.5, 0.6) is 5.75 Å². The van der Waals surface area contributed by atoms with Gasteiger partial charge in [-0.3, -0.25) is 4.79 Å². The summed E-state index contributed by atoms with van der Waals surface area (Å²) in [5.74, 6) is -0.0542. The number of fused-ring (bicyclic) bond motifs is 1. The molecule has 0 saturated heterocycles. The van der Waals surface area contributed by atoms with Gasteiger partial charge in [0.2, 0.25) is 5.82 Å². The van der Waals surface area contributed by atoms with Crippen molar-refractivity contribution in [2.75, 3.05) is 0 Å². The standard InChI is InChI=1S/C19H15N5O3/c25-18(26)11-24-22-19(21-23-24)14-5-3-6-16(10-14)27-12-15-9-8-13-4-1-2-7-17(13)20-15/h1-10H,11-12H2,(H,25,26). The second-order valence-electron chi connectivity index (χ2n) is 5.85. The molecule has 2 heterocycles. The number of tetrazole rings is 1. The smallest absolute Gasteiger partial charge is 0.327 e. The van der Waals surface area contributed by atoms with Crippen LogP contribution in [0.2, 0.25) is 0 Å². The number of nitrogens with zero attached hydrogens (tertiary/aromatic N) is 5. The highest BCUT2D eigenvalue weighted by atomic mass is 16.5. The van der Waals surface area contributed by atoms with E-state index in [0.29, 0.717) is 23.7 Å². The summed E-state index contributed by atoms with van der Waals surface area (Å²) in [5, 5.41) is 21.5. The lowest BCUT2D eigenvalue weighted by Crippen LogP contribution is -2.11. The minimum atomic E-state index is -1.03. The number of carboxylic acid groups (broad SMARTS) is 1. The maximum absolute atomic E-state index is 10.7. The lowest BCUT2D eigenvalue weighted by atomic mass is 10.2. The zero-order valence-electron chi connectivity index (χ0n) is 14.2. The third-order valence-electron chi connectivity index (χ3n) is 3.86. The summed E-state index contributed by atoms with van der Waals surface area (Å²) >= 11 is 0. The molecule has 8 heteroatoms. The first-order chi connectivity index (χ1) is 13.2. The summed E-state index contributed by atoms with van der Waals surface area (Å²) < 4.78 is 5.84. The Morgan fingerprint density at radius 1 is 1.07 bits per heavy atom. The normalized spacial score (nSPS) is 10.8. The average molecular weight is 361 g/mol. The first kappa shape index (κ1) is 16.6. The van der Waals surface area contributed by atoms with Gasteiger partial charge in [-0.25, -0.2) is 4.98 Å². The van der Waals surface area contributed by atoms with E-state index in [1.54, 1.807) is 6.07 Å². The van der Waals surface area contributed by atoms with Crippen molar-refractivity contribution in [3.8, 4) is 17.1 Å². The van der Waals surface area contributed by atoms with Crippen LogP contribution < -0.4 is 4.74 Å². The second-order valence-corrected chi connectivity index (χ2v) is 5.85. The maximum Gasteiger partial charge on any atom is 0.327 e. The minimum Gasteiger partial charge on any atom is -0.487 e.